The maximum atomic E-state index is 14.4. The van der Waals surface area contributed by atoms with E-state index in [9.17, 15) is 14.0 Å². The van der Waals surface area contributed by atoms with Crippen LogP contribution in [0.5, 0.6) is 5.75 Å². The predicted octanol–water partition coefficient (Wildman–Crippen LogP) is 6.72. The lowest BCUT2D eigenvalue weighted by atomic mass is 10.1. The predicted molar refractivity (Wildman–Crippen MR) is 127 cm³/mol. The first-order valence-corrected chi connectivity index (χ1v) is 11.0. The monoisotopic (exact) mass is 509 g/mol. The zero-order valence-electron chi connectivity index (χ0n) is 17.5. The summed E-state index contributed by atoms with van der Waals surface area (Å²) in [6.45, 7) is 2.08. The lowest BCUT2D eigenvalue weighted by molar-refractivity contribution is -0.142. The quantitative estimate of drug-likeness (QED) is 0.342. The van der Waals surface area contributed by atoms with Gasteiger partial charge in [-0.3, -0.25) is 9.59 Å². The van der Waals surface area contributed by atoms with Crippen molar-refractivity contribution in [3.63, 3.8) is 0 Å². The van der Waals surface area contributed by atoms with Crippen molar-refractivity contribution in [2.24, 2.45) is 0 Å². The molecule has 0 saturated carbocycles. The Balaban J connectivity index is 1.73. The molecule has 0 unspecified atom stereocenters. The first kappa shape index (κ1) is 24.8. The Morgan fingerprint density at radius 3 is 2.52 bits per heavy atom. The number of esters is 1. The number of hydrogen-bond donors (Lipinski definition) is 1. The van der Waals surface area contributed by atoms with Gasteiger partial charge in [0.2, 0.25) is 0 Å². The van der Waals surface area contributed by atoms with Crippen molar-refractivity contribution < 1.29 is 23.5 Å². The van der Waals surface area contributed by atoms with Gasteiger partial charge in [-0.05, 0) is 55.0 Å². The van der Waals surface area contributed by atoms with Crippen molar-refractivity contribution in [3.05, 3.63) is 92.2 Å². The van der Waals surface area contributed by atoms with Crippen LogP contribution in [0.4, 0.5) is 10.1 Å². The van der Waals surface area contributed by atoms with E-state index in [1.807, 2.05) is 12.1 Å². The Hall–Kier alpha value is -2.80. The summed E-state index contributed by atoms with van der Waals surface area (Å²) in [4.78, 5) is 24.4. The van der Waals surface area contributed by atoms with E-state index < -0.39 is 17.7 Å². The Morgan fingerprint density at radius 1 is 1.00 bits per heavy atom. The molecule has 0 spiro atoms. The van der Waals surface area contributed by atoms with Crippen LogP contribution >= 0.6 is 34.8 Å². The van der Waals surface area contributed by atoms with Crippen LogP contribution < -0.4 is 10.1 Å². The number of rotatable bonds is 8. The fourth-order valence-electron chi connectivity index (χ4n) is 2.94. The summed E-state index contributed by atoms with van der Waals surface area (Å²) in [5, 5.41) is 3.37. The van der Waals surface area contributed by atoms with Crippen LogP contribution in [0.3, 0.4) is 0 Å². The Morgan fingerprint density at radius 2 is 1.79 bits per heavy atom. The molecule has 0 radical (unpaired) electrons. The van der Waals surface area contributed by atoms with Gasteiger partial charge in [-0.25, -0.2) is 4.39 Å². The molecule has 1 amide bonds. The first-order chi connectivity index (χ1) is 15.8. The first-order valence-electron chi connectivity index (χ1n) is 9.88. The van der Waals surface area contributed by atoms with E-state index in [0.717, 1.165) is 11.6 Å². The van der Waals surface area contributed by atoms with Gasteiger partial charge in [-0.2, -0.15) is 0 Å². The zero-order chi connectivity index (χ0) is 24.0. The number of amides is 1. The van der Waals surface area contributed by atoms with Crippen LogP contribution in [0.15, 0.2) is 54.6 Å². The molecule has 0 aromatic heterocycles. The summed E-state index contributed by atoms with van der Waals surface area (Å²) in [5.41, 5.74) is 1.07. The van der Waals surface area contributed by atoms with Crippen LogP contribution in [-0.2, 0) is 22.6 Å². The number of hydrogen-bond acceptors (Lipinski definition) is 4. The number of benzene rings is 3. The van der Waals surface area contributed by atoms with Crippen molar-refractivity contribution in [2.75, 3.05) is 11.9 Å². The minimum Gasteiger partial charge on any atom is -0.489 e. The molecule has 3 rings (SSSR count). The van der Waals surface area contributed by atoms with E-state index in [1.165, 1.54) is 18.2 Å². The second-order valence-corrected chi connectivity index (χ2v) is 8.17. The summed E-state index contributed by atoms with van der Waals surface area (Å²) in [5.74, 6) is -1.47. The molecule has 0 atom stereocenters. The maximum absolute atomic E-state index is 14.4. The van der Waals surface area contributed by atoms with Gasteiger partial charge >= 0.3 is 5.97 Å². The van der Waals surface area contributed by atoms with Crippen molar-refractivity contribution in [1.29, 1.82) is 0 Å². The number of nitrogens with one attached hydrogen (secondary N) is 1. The number of carbonyl (C=O) groups is 2. The second-order valence-electron chi connectivity index (χ2n) is 6.92. The summed E-state index contributed by atoms with van der Waals surface area (Å²) in [7, 11) is 0. The van der Waals surface area contributed by atoms with Gasteiger partial charge in [0.1, 0.15) is 18.2 Å². The lowest BCUT2D eigenvalue weighted by Crippen LogP contribution is -2.14. The average Bonchev–Trinajstić information content (AvgIpc) is 2.76. The van der Waals surface area contributed by atoms with Gasteiger partial charge in [-0.1, -0.05) is 46.9 Å². The Kier molecular flexibility index (Phi) is 8.55. The number of halogens is 4. The molecule has 9 heteroatoms. The second kappa shape index (κ2) is 11.4. The largest absolute Gasteiger partial charge is 0.489 e. The molecule has 0 bridgehead atoms. The molecule has 172 valence electrons. The van der Waals surface area contributed by atoms with Gasteiger partial charge in [0, 0.05) is 10.6 Å². The maximum Gasteiger partial charge on any atom is 0.310 e. The summed E-state index contributed by atoms with van der Waals surface area (Å²) in [6.07, 6.45) is -0.272. The number of carbonyl (C=O) groups excluding carboxylic acids is 2. The normalized spacial score (nSPS) is 10.6. The fraction of sp³-hybridized carbons (Fsp3) is 0.167. The van der Waals surface area contributed by atoms with E-state index in [4.69, 9.17) is 44.3 Å². The number of ether oxygens (including phenoxy) is 2. The molecule has 3 aromatic rings. The van der Waals surface area contributed by atoms with Gasteiger partial charge in [-0.15, -0.1) is 0 Å². The van der Waals surface area contributed by atoms with E-state index in [-0.39, 0.29) is 46.5 Å². The van der Waals surface area contributed by atoms with Gasteiger partial charge in [0.25, 0.3) is 5.91 Å². The molecule has 0 saturated heterocycles. The molecular weight excluding hydrogens is 492 g/mol. The van der Waals surface area contributed by atoms with E-state index >= 15 is 0 Å². The topological polar surface area (TPSA) is 64.6 Å². The molecule has 0 fully saturated rings. The summed E-state index contributed by atoms with van der Waals surface area (Å²) in [6, 6.07) is 14.1. The van der Waals surface area contributed by atoms with Gasteiger partial charge < -0.3 is 14.8 Å². The lowest BCUT2D eigenvalue weighted by Gasteiger charge is -2.13. The highest BCUT2D eigenvalue weighted by atomic mass is 35.5. The molecule has 0 heterocycles. The SMILES string of the molecule is CCOC(=O)Cc1cc(Cl)c(NC(=O)c2cc(OCc3cccc(Cl)c3)ccc2Cl)cc1F. The Bertz CT molecular complexity index is 1190. The molecular formula is C24H19Cl3FNO4. The minimum atomic E-state index is -0.701. The molecule has 0 aliphatic heterocycles. The standard InChI is InChI=1S/C24H19Cl3FNO4/c1-2-32-23(30)10-15-9-20(27)22(12-21(15)28)29-24(31)18-11-17(6-7-19(18)26)33-13-14-4-3-5-16(25)8-14/h3-9,11-12H,2,10,13H2,1H3,(H,29,31). The molecule has 0 aliphatic carbocycles. The van der Waals surface area contributed by atoms with Crippen molar-refractivity contribution in [2.45, 2.75) is 20.0 Å². The third kappa shape index (κ3) is 6.84. The fourth-order valence-corrected chi connectivity index (χ4v) is 3.59. The Labute approximate surface area is 205 Å². The molecule has 5 nitrogen and oxygen atoms in total. The van der Waals surface area contributed by atoms with Crippen LogP contribution in [0, 0.1) is 5.82 Å². The molecule has 0 aliphatic rings. The highest BCUT2D eigenvalue weighted by Gasteiger charge is 2.17. The third-order valence-electron chi connectivity index (χ3n) is 4.50. The number of anilines is 1. The van der Waals surface area contributed by atoms with Crippen LogP contribution in [0.2, 0.25) is 15.1 Å². The third-order valence-corrected chi connectivity index (χ3v) is 5.38. The van der Waals surface area contributed by atoms with Crippen molar-refractivity contribution >= 4 is 52.4 Å². The van der Waals surface area contributed by atoms with E-state index in [2.05, 4.69) is 5.32 Å². The molecule has 33 heavy (non-hydrogen) atoms. The van der Waals surface area contributed by atoms with Gasteiger partial charge in [0.15, 0.2) is 0 Å². The van der Waals surface area contributed by atoms with E-state index in [1.54, 1.807) is 25.1 Å². The minimum absolute atomic E-state index is 0.0353. The highest BCUT2D eigenvalue weighted by molar-refractivity contribution is 6.36. The highest BCUT2D eigenvalue weighted by Crippen LogP contribution is 2.29. The molecule has 1 N–H and O–H groups in total. The van der Waals surface area contributed by atoms with Gasteiger partial charge in [0.05, 0.1) is 34.3 Å². The van der Waals surface area contributed by atoms with Crippen LogP contribution in [0.25, 0.3) is 0 Å². The van der Waals surface area contributed by atoms with Crippen molar-refractivity contribution in [1.82, 2.24) is 0 Å². The van der Waals surface area contributed by atoms with Crippen molar-refractivity contribution in [3.8, 4) is 5.75 Å². The zero-order valence-corrected chi connectivity index (χ0v) is 19.7. The molecule has 3 aromatic carbocycles. The van der Waals surface area contributed by atoms with Crippen LogP contribution in [-0.4, -0.2) is 18.5 Å². The average molecular weight is 511 g/mol. The van der Waals surface area contributed by atoms with E-state index in [0.29, 0.717) is 10.8 Å². The summed E-state index contributed by atoms with van der Waals surface area (Å²) >= 11 is 18.4. The summed E-state index contributed by atoms with van der Waals surface area (Å²) < 4.78 is 25.0. The van der Waals surface area contributed by atoms with Crippen LogP contribution in [0.1, 0.15) is 28.4 Å². The smallest absolute Gasteiger partial charge is 0.310 e.